The van der Waals surface area contributed by atoms with Gasteiger partial charge in [0.2, 0.25) is 5.95 Å². The van der Waals surface area contributed by atoms with Gasteiger partial charge in [0.15, 0.2) is 5.11 Å². The molecule has 0 amide bonds. The maximum atomic E-state index is 5.42. The molecular formula is C21H29N5OS. The van der Waals surface area contributed by atoms with Gasteiger partial charge in [0.25, 0.3) is 0 Å². The summed E-state index contributed by atoms with van der Waals surface area (Å²) in [6.07, 6.45) is 1.27. The fourth-order valence-corrected chi connectivity index (χ4v) is 3.85. The Bertz CT molecular complexity index is 801. The first kappa shape index (κ1) is 20.3. The van der Waals surface area contributed by atoms with Crippen LogP contribution >= 0.6 is 12.2 Å². The van der Waals surface area contributed by atoms with E-state index in [0.29, 0.717) is 29.4 Å². The van der Waals surface area contributed by atoms with Gasteiger partial charge in [-0.3, -0.25) is 0 Å². The van der Waals surface area contributed by atoms with Crippen LogP contribution in [0.5, 0.6) is 5.75 Å². The number of aromatic nitrogens is 2. The fraction of sp³-hybridized carbons (Fsp3) is 0.476. The number of benzene rings is 1. The number of nitrogens with zero attached hydrogens (tertiary/aromatic N) is 3. The number of methoxy groups -OCH3 is 1. The van der Waals surface area contributed by atoms with E-state index in [1.54, 1.807) is 7.11 Å². The topological polar surface area (TPSA) is 62.3 Å². The molecule has 28 heavy (non-hydrogen) atoms. The number of piperidine rings is 1. The van der Waals surface area contributed by atoms with Crippen molar-refractivity contribution in [3.05, 3.63) is 41.6 Å². The third kappa shape index (κ3) is 5.55. The molecule has 2 aromatic rings. The molecular weight excluding hydrogens is 370 g/mol. The van der Waals surface area contributed by atoms with E-state index in [2.05, 4.69) is 34.4 Å². The quantitative estimate of drug-likeness (QED) is 0.742. The minimum atomic E-state index is 0.507. The molecule has 0 unspecified atom stereocenters. The maximum Gasteiger partial charge on any atom is 0.231 e. The second-order valence-corrected chi connectivity index (χ2v) is 8.11. The fourth-order valence-electron chi connectivity index (χ4n) is 3.69. The van der Waals surface area contributed by atoms with Crippen molar-refractivity contribution in [1.82, 2.24) is 15.3 Å². The molecule has 6 nitrogen and oxygen atoms in total. The second kappa shape index (κ2) is 9.19. The monoisotopic (exact) mass is 399 g/mol. The van der Waals surface area contributed by atoms with Gasteiger partial charge in [-0.15, -0.1) is 0 Å². The van der Waals surface area contributed by atoms with Crippen molar-refractivity contribution in [2.24, 2.45) is 11.8 Å². The number of hydrogen-bond donors (Lipinski definition) is 2. The summed E-state index contributed by atoms with van der Waals surface area (Å²) in [5, 5.41) is 6.83. The summed E-state index contributed by atoms with van der Waals surface area (Å²) in [6.45, 7) is 9.26. The maximum absolute atomic E-state index is 5.42. The van der Waals surface area contributed by atoms with Crippen molar-refractivity contribution in [2.75, 3.05) is 30.4 Å². The Labute approximate surface area is 172 Å². The SMILES string of the molecule is COc1ccc(CNC(=S)Nc2nc(C)cc(N3C[C@@H](C)C[C@H](C)C3)n2)cc1. The van der Waals surface area contributed by atoms with E-state index in [0.717, 1.165) is 35.9 Å². The lowest BCUT2D eigenvalue weighted by atomic mass is 9.92. The average Bonchev–Trinajstić information content (AvgIpc) is 2.65. The number of hydrogen-bond acceptors (Lipinski definition) is 5. The Hall–Kier alpha value is -2.41. The molecule has 150 valence electrons. The molecule has 2 heterocycles. The molecule has 3 rings (SSSR count). The molecule has 2 N–H and O–H groups in total. The van der Waals surface area contributed by atoms with Crippen LogP contribution in [0, 0.1) is 18.8 Å². The van der Waals surface area contributed by atoms with Crippen molar-refractivity contribution in [1.29, 1.82) is 0 Å². The minimum absolute atomic E-state index is 0.507. The highest BCUT2D eigenvalue weighted by Gasteiger charge is 2.23. The van der Waals surface area contributed by atoms with Crippen molar-refractivity contribution in [3.63, 3.8) is 0 Å². The van der Waals surface area contributed by atoms with E-state index in [4.69, 9.17) is 21.9 Å². The Morgan fingerprint density at radius 3 is 2.50 bits per heavy atom. The molecule has 1 aliphatic heterocycles. The predicted molar refractivity (Wildman–Crippen MR) is 118 cm³/mol. The molecule has 1 fully saturated rings. The summed E-state index contributed by atoms with van der Waals surface area (Å²) in [7, 11) is 1.66. The zero-order valence-corrected chi connectivity index (χ0v) is 17.8. The van der Waals surface area contributed by atoms with Crippen molar-refractivity contribution in [2.45, 2.75) is 33.7 Å². The van der Waals surface area contributed by atoms with Crippen LogP contribution in [0.4, 0.5) is 11.8 Å². The highest BCUT2D eigenvalue weighted by atomic mass is 32.1. The molecule has 1 aromatic heterocycles. The minimum Gasteiger partial charge on any atom is -0.497 e. The number of thiocarbonyl (C=S) groups is 1. The van der Waals surface area contributed by atoms with Crippen molar-refractivity contribution < 1.29 is 4.74 Å². The van der Waals surface area contributed by atoms with Gasteiger partial charge < -0.3 is 20.3 Å². The normalized spacial score (nSPS) is 19.2. The van der Waals surface area contributed by atoms with E-state index in [1.165, 1.54) is 6.42 Å². The summed E-state index contributed by atoms with van der Waals surface area (Å²) in [6, 6.07) is 9.93. The summed E-state index contributed by atoms with van der Waals surface area (Å²) in [5.74, 6) is 3.68. The molecule has 1 aromatic carbocycles. The van der Waals surface area contributed by atoms with Crippen LogP contribution in [-0.2, 0) is 6.54 Å². The zero-order valence-electron chi connectivity index (χ0n) is 17.0. The van der Waals surface area contributed by atoms with Crippen molar-refractivity contribution in [3.8, 4) is 5.75 Å². The zero-order chi connectivity index (χ0) is 20.1. The van der Waals surface area contributed by atoms with Crippen LogP contribution in [0.3, 0.4) is 0 Å². The smallest absolute Gasteiger partial charge is 0.231 e. The third-order valence-corrected chi connectivity index (χ3v) is 5.12. The van der Waals surface area contributed by atoms with Crippen LogP contribution in [0.25, 0.3) is 0 Å². The van der Waals surface area contributed by atoms with E-state index >= 15 is 0 Å². The molecule has 0 aliphatic carbocycles. The average molecular weight is 400 g/mol. The summed E-state index contributed by atoms with van der Waals surface area (Å²) in [4.78, 5) is 11.5. The molecule has 2 atom stereocenters. The molecule has 1 saturated heterocycles. The standard InChI is InChI=1S/C21H29N5OS/c1-14-9-15(2)13-26(12-14)19-10-16(3)23-20(24-19)25-21(28)22-11-17-5-7-18(27-4)8-6-17/h5-8,10,14-15H,9,11-13H2,1-4H3,(H2,22,23,24,25,28)/t14-,15-/m0/s1. The van der Waals surface area contributed by atoms with Gasteiger partial charge in [-0.25, -0.2) is 4.98 Å². The Kier molecular flexibility index (Phi) is 6.67. The summed E-state index contributed by atoms with van der Waals surface area (Å²) in [5.41, 5.74) is 2.04. The van der Waals surface area contributed by atoms with Crippen molar-refractivity contribution >= 4 is 29.1 Å². The highest BCUT2D eigenvalue weighted by molar-refractivity contribution is 7.80. The molecule has 0 bridgehead atoms. The number of rotatable bonds is 5. The Morgan fingerprint density at radius 1 is 1.18 bits per heavy atom. The van der Waals surface area contributed by atoms with Gasteiger partial charge in [0.05, 0.1) is 7.11 Å². The molecule has 0 saturated carbocycles. The van der Waals surface area contributed by atoms with E-state index in [9.17, 15) is 0 Å². The Balaban J connectivity index is 1.61. The van der Waals surface area contributed by atoms with Crippen LogP contribution in [0.15, 0.2) is 30.3 Å². The lowest BCUT2D eigenvalue weighted by Gasteiger charge is -2.36. The first-order valence-corrected chi connectivity index (χ1v) is 10.1. The van der Waals surface area contributed by atoms with Gasteiger partial charge in [-0.1, -0.05) is 26.0 Å². The number of ether oxygens (including phenoxy) is 1. The van der Waals surface area contributed by atoms with Gasteiger partial charge in [0.1, 0.15) is 11.6 Å². The van der Waals surface area contributed by atoms with Crippen LogP contribution in [-0.4, -0.2) is 35.3 Å². The Morgan fingerprint density at radius 2 is 1.86 bits per heavy atom. The lowest BCUT2D eigenvalue weighted by Crippen LogP contribution is -2.39. The van der Waals surface area contributed by atoms with Crippen LogP contribution in [0.1, 0.15) is 31.5 Å². The summed E-state index contributed by atoms with van der Waals surface area (Å²) >= 11 is 5.42. The number of anilines is 2. The number of nitrogens with one attached hydrogen (secondary N) is 2. The first-order chi connectivity index (χ1) is 13.4. The molecule has 0 spiro atoms. The predicted octanol–water partition coefficient (Wildman–Crippen LogP) is 3.76. The van der Waals surface area contributed by atoms with Gasteiger partial charge in [-0.05, 0) is 55.1 Å². The van der Waals surface area contributed by atoms with E-state index < -0.39 is 0 Å². The van der Waals surface area contributed by atoms with E-state index in [-0.39, 0.29) is 0 Å². The lowest BCUT2D eigenvalue weighted by molar-refractivity contribution is 0.355. The van der Waals surface area contributed by atoms with Gasteiger partial charge >= 0.3 is 0 Å². The molecule has 1 aliphatic rings. The molecule has 7 heteroatoms. The van der Waals surface area contributed by atoms with Gasteiger partial charge in [0, 0.05) is 31.4 Å². The highest BCUT2D eigenvalue weighted by Crippen LogP contribution is 2.26. The summed E-state index contributed by atoms with van der Waals surface area (Å²) < 4.78 is 5.18. The second-order valence-electron chi connectivity index (χ2n) is 7.70. The molecule has 0 radical (unpaired) electrons. The van der Waals surface area contributed by atoms with E-state index in [1.807, 2.05) is 37.3 Å². The van der Waals surface area contributed by atoms with Crippen LogP contribution in [0.2, 0.25) is 0 Å². The third-order valence-electron chi connectivity index (χ3n) is 4.87. The first-order valence-electron chi connectivity index (χ1n) is 9.71. The van der Waals surface area contributed by atoms with Crippen LogP contribution < -0.4 is 20.3 Å². The largest absolute Gasteiger partial charge is 0.497 e. The number of aryl methyl sites for hydroxylation is 1. The van der Waals surface area contributed by atoms with Gasteiger partial charge in [-0.2, -0.15) is 4.98 Å².